The number of halogens is 1. The maximum Gasteiger partial charge on any atom is 0.254 e. The summed E-state index contributed by atoms with van der Waals surface area (Å²) in [5, 5.41) is 0. The van der Waals surface area contributed by atoms with Crippen molar-refractivity contribution in [1.29, 1.82) is 0 Å². The fourth-order valence-electron chi connectivity index (χ4n) is 3.69. The molecule has 2 fully saturated rings. The van der Waals surface area contributed by atoms with Gasteiger partial charge in [0, 0.05) is 28.5 Å². The second-order valence-corrected chi connectivity index (χ2v) is 7.55. The highest BCUT2D eigenvalue weighted by Gasteiger charge is 2.36. The van der Waals surface area contributed by atoms with E-state index >= 15 is 0 Å². The standard InChI is InChI=1S/C16H21BrN2OS/c1-18-7-2-3-11-10-19(8-6-14(11)18)16(20)13-5-4-12(17)9-15(13)21/h4-5,9,11,14,21H,2-3,6-8,10H2,1H3. The van der Waals surface area contributed by atoms with Gasteiger partial charge in [0.15, 0.2) is 0 Å². The zero-order valence-electron chi connectivity index (χ0n) is 12.3. The number of hydrogen-bond acceptors (Lipinski definition) is 3. The zero-order chi connectivity index (χ0) is 15.0. The fraction of sp³-hybridized carbons (Fsp3) is 0.562. The van der Waals surface area contributed by atoms with Crippen LogP contribution in [0.15, 0.2) is 27.6 Å². The van der Waals surface area contributed by atoms with Crippen molar-refractivity contribution in [3.63, 3.8) is 0 Å². The van der Waals surface area contributed by atoms with Crippen LogP contribution in [0, 0.1) is 5.92 Å². The van der Waals surface area contributed by atoms with Crippen molar-refractivity contribution in [2.75, 3.05) is 26.7 Å². The Labute approximate surface area is 140 Å². The van der Waals surface area contributed by atoms with Crippen LogP contribution in [0.1, 0.15) is 29.6 Å². The lowest BCUT2D eigenvalue weighted by Crippen LogP contribution is -2.53. The van der Waals surface area contributed by atoms with Crippen molar-refractivity contribution < 1.29 is 4.79 Å². The van der Waals surface area contributed by atoms with E-state index in [1.165, 1.54) is 19.4 Å². The van der Waals surface area contributed by atoms with E-state index in [2.05, 4.69) is 40.5 Å². The Morgan fingerprint density at radius 1 is 1.33 bits per heavy atom. The number of thiol groups is 1. The Balaban J connectivity index is 1.74. The van der Waals surface area contributed by atoms with Crippen LogP contribution in [0.25, 0.3) is 0 Å². The lowest BCUT2D eigenvalue weighted by molar-refractivity contribution is 0.0315. The van der Waals surface area contributed by atoms with Gasteiger partial charge in [-0.15, -0.1) is 12.6 Å². The van der Waals surface area contributed by atoms with E-state index in [0.29, 0.717) is 17.5 Å². The highest BCUT2D eigenvalue weighted by atomic mass is 79.9. The Morgan fingerprint density at radius 2 is 2.14 bits per heavy atom. The summed E-state index contributed by atoms with van der Waals surface area (Å²) in [4.78, 5) is 18.0. The molecule has 1 aromatic rings. The molecule has 2 saturated heterocycles. The highest BCUT2D eigenvalue weighted by Crippen LogP contribution is 2.31. The molecule has 1 amide bonds. The average Bonchev–Trinajstić information content (AvgIpc) is 2.46. The molecule has 3 rings (SSSR count). The molecule has 114 valence electrons. The highest BCUT2D eigenvalue weighted by molar-refractivity contribution is 9.10. The quantitative estimate of drug-likeness (QED) is 0.768. The summed E-state index contributed by atoms with van der Waals surface area (Å²) >= 11 is 7.86. The molecule has 0 bridgehead atoms. The molecule has 0 aliphatic carbocycles. The molecule has 3 nitrogen and oxygen atoms in total. The Morgan fingerprint density at radius 3 is 2.90 bits per heavy atom. The number of fused-ring (bicyclic) bond motifs is 1. The number of rotatable bonds is 1. The first-order chi connectivity index (χ1) is 10.1. The minimum absolute atomic E-state index is 0.124. The van der Waals surface area contributed by atoms with Crippen molar-refractivity contribution in [3.8, 4) is 0 Å². The number of benzene rings is 1. The van der Waals surface area contributed by atoms with Crippen LogP contribution in [-0.4, -0.2) is 48.4 Å². The molecular weight excluding hydrogens is 348 g/mol. The Bertz CT molecular complexity index is 551. The van der Waals surface area contributed by atoms with E-state index in [1.807, 2.05) is 23.1 Å². The minimum Gasteiger partial charge on any atom is -0.338 e. The summed E-state index contributed by atoms with van der Waals surface area (Å²) in [6, 6.07) is 6.32. The second kappa shape index (κ2) is 6.31. The molecular formula is C16H21BrN2OS. The lowest BCUT2D eigenvalue weighted by Gasteiger charge is -2.46. The van der Waals surface area contributed by atoms with E-state index in [9.17, 15) is 4.79 Å². The number of likely N-dealkylation sites (tertiary alicyclic amines) is 2. The summed E-state index contributed by atoms with van der Waals surface area (Å²) < 4.78 is 0.955. The lowest BCUT2D eigenvalue weighted by atomic mass is 9.84. The molecule has 2 aliphatic heterocycles. The number of amides is 1. The largest absolute Gasteiger partial charge is 0.338 e. The van der Waals surface area contributed by atoms with Crippen molar-refractivity contribution in [3.05, 3.63) is 28.2 Å². The molecule has 1 aromatic carbocycles. The third-order valence-electron chi connectivity index (χ3n) is 4.82. The van der Waals surface area contributed by atoms with Crippen LogP contribution in [0.4, 0.5) is 0 Å². The first-order valence-electron chi connectivity index (χ1n) is 7.54. The van der Waals surface area contributed by atoms with Gasteiger partial charge in [-0.05, 0) is 57.0 Å². The van der Waals surface area contributed by atoms with Gasteiger partial charge in [-0.1, -0.05) is 15.9 Å². The van der Waals surface area contributed by atoms with Gasteiger partial charge < -0.3 is 9.80 Å². The Hall–Kier alpha value is -0.520. The maximum atomic E-state index is 12.7. The molecule has 2 aliphatic rings. The number of nitrogens with zero attached hydrogens (tertiary/aromatic N) is 2. The maximum absolute atomic E-state index is 12.7. The number of piperidine rings is 2. The topological polar surface area (TPSA) is 23.6 Å². The van der Waals surface area contributed by atoms with Gasteiger partial charge >= 0.3 is 0 Å². The van der Waals surface area contributed by atoms with Crippen molar-refractivity contribution in [2.45, 2.75) is 30.2 Å². The third-order valence-corrected chi connectivity index (χ3v) is 5.69. The monoisotopic (exact) mass is 368 g/mol. The first-order valence-corrected chi connectivity index (χ1v) is 8.78. The van der Waals surface area contributed by atoms with Gasteiger partial charge in [0.1, 0.15) is 0 Å². The van der Waals surface area contributed by atoms with Gasteiger partial charge in [-0.25, -0.2) is 0 Å². The number of hydrogen-bond donors (Lipinski definition) is 1. The summed E-state index contributed by atoms with van der Waals surface area (Å²) in [6.07, 6.45) is 3.58. The average molecular weight is 369 g/mol. The fourth-order valence-corrected chi connectivity index (χ4v) is 4.54. The van der Waals surface area contributed by atoms with Crippen LogP contribution in [0.3, 0.4) is 0 Å². The molecule has 2 unspecified atom stereocenters. The van der Waals surface area contributed by atoms with Crippen molar-refractivity contribution in [1.82, 2.24) is 9.80 Å². The summed E-state index contributed by atoms with van der Waals surface area (Å²) in [5.41, 5.74) is 0.712. The molecule has 21 heavy (non-hydrogen) atoms. The van der Waals surface area contributed by atoms with E-state index in [-0.39, 0.29) is 5.91 Å². The van der Waals surface area contributed by atoms with E-state index in [0.717, 1.165) is 28.9 Å². The van der Waals surface area contributed by atoms with E-state index < -0.39 is 0 Å². The number of carbonyl (C=O) groups is 1. The zero-order valence-corrected chi connectivity index (χ0v) is 14.7. The van der Waals surface area contributed by atoms with E-state index in [1.54, 1.807) is 0 Å². The minimum atomic E-state index is 0.124. The van der Waals surface area contributed by atoms with Crippen LogP contribution in [0.5, 0.6) is 0 Å². The van der Waals surface area contributed by atoms with Crippen LogP contribution >= 0.6 is 28.6 Å². The molecule has 0 N–H and O–H groups in total. The normalized spacial score (nSPS) is 26.5. The van der Waals surface area contributed by atoms with Crippen LogP contribution in [-0.2, 0) is 0 Å². The molecule has 0 radical (unpaired) electrons. The van der Waals surface area contributed by atoms with Crippen molar-refractivity contribution in [2.24, 2.45) is 5.92 Å². The second-order valence-electron chi connectivity index (χ2n) is 6.15. The molecule has 0 aromatic heterocycles. The van der Waals surface area contributed by atoms with Crippen LogP contribution in [0.2, 0.25) is 0 Å². The van der Waals surface area contributed by atoms with E-state index in [4.69, 9.17) is 0 Å². The summed E-state index contributed by atoms with van der Waals surface area (Å²) in [5.74, 6) is 0.749. The van der Waals surface area contributed by atoms with Gasteiger partial charge in [0.2, 0.25) is 0 Å². The van der Waals surface area contributed by atoms with Gasteiger partial charge in [0.25, 0.3) is 5.91 Å². The molecule has 0 saturated carbocycles. The smallest absolute Gasteiger partial charge is 0.254 e. The third kappa shape index (κ3) is 3.15. The Kier molecular flexibility index (Phi) is 4.62. The molecule has 0 spiro atoms. The summed E-state index contributed by atoms with van der Waals surface area (Å²) in [6.45, 7) is 2.94. The SMILES string of the molecule is CN1CCCC2CN(C(=O)c3ccc(Br)cc3S)CCC21. The summed E-state index contributed by atoms with van der Waals surface area (Å²) in [7, 11) is 2.22. The van der Waals surface area contributed by atoms with Gasteiger partial charge in [-0.3, -0.25) is 4.79 Å². The van der Waals surface area contributed by atoms with Crippen LogP contribution < -0.4 is 0 Å². The number of carbonyl (C=O) groups excluding carboxylic acids is 1. The molecule has 5 heteroatoms. The predicted molar refractivity (Wildman–Crippen MR) is 91.1 cm³/mol. The van der Waals surface area contributed by atoms with Crippen molar-refractivity contribution >= 4 is 34.5 Å². The predicted octanol–water partition coefficient (Wildman–Crippen LogP) is 3.29. The van der Waals surface area contributed by atoms with Gasteiger partial charge in [-0.2, -0.15) is 0 Å². The first kappa shape index (κ1) is 15.4. The molecule has 2 heterocycles. The van der Waals surface area contributed by atoms with Gasteiger partial charge in [0.05, 0.1) is 5.56 Å². The molecule has 2 atom stereocenters.